The Hall–Kier alpha value is -4.03. The maximum Gasteiger partial charge on any atom is 0.251 e. The second-order valence-electron chi connectivity index (χ2n) is 12.1. The van der Waals surface area contributed by atoms with Gasteiger partial charge in [-0.2, -0.15) is 0 Å². The van der Waals surface area contributed by atoms with Gasteiger partial charge in [0.1, 0.15) is 30.9 Å². The van der Waals surface area contributed by atoms with Crippen molar-refractivity contribution in [3.05, 3.63) is 71.3 Å². The predicted molar refractivity (Wildman–Crippen MR) is 161 cm³/mol. The smallest absolute Gasteiger partial charge is 0.251 e. The number of alkyl halides is 5. The van der Waals surface area contributed by atoms with Crippen molar-refractivity contribution in [1.82, 2.24) is 21.3 Å². The zero-order valence-corrected chi connectivity index (χ0v) is 25.4. The zero-order chi connectivity index (χ0) is 33.4. The molecule has 4 N–H and O–H groups in total. The van der Waals surface area contributed by atoms with Gasteiger partial charge in [-0.25, -0.2) is 22.0 Å². The van der Waals surface area contributed by atoms with Gasteiger partial charge in [-0.05, 0) is 49.6 Å². The average molecular weight is 651 g/mol. The van der Waals surface area contributed by atoms with Gasteiger partial charge in [0, 0.05) is 73.5 Å². The highest BCUT2D eigenvalue weighted by molar-refractivity contribution is 5.99. The maximum atomic E-state index is 15.0. The summed E-state index contributed by atoms with van der Waals surface area (Å²) in [4.78, 5) is 48.9. The summed E-state index contributed by atoms with van der Waals surface area (Å²) in [6, 6.07) is 13.6. The molecule has 4 rings (SSSR count). The molecule has 0 heterocycles. The lowest BCUT2D eigenvalue weighted by molar-refractivity contribution is -0.119. The van der Waals surface area contributed by atoms with Gasteiger partial charge in [-0.15, -0.1) is 0 Å². The number of benzene rings is 2. The molecule has 2 aliphatic carbocycles. The van der Waals surface area contributed by atoms with Crippen molar-refractivity contribution in [2.75, 3.05) is 26.2 Å². The van der Waals surface area contributed by atoms with E-state index >= 15 is 0 Å². The Kier molecular flexibility index (Phi) is 12.1. The van der Waals surface area contributed by atoms with Crippen molar-refractivity contribution in [3.8, 4) is 0 Å². The van der Waals surface area contributed by atoms with Gasteiger partial charge >= 0.3 is 0 Å². The van der Waals surface area contributed by atoms with Gasteiger partial charge in [0.2, 0.25) is 5.91 Å². The Labute approximate surface area is 264 Å². The molecule has 0 unspecified atom stereocenters. The van der Waals surface area contributed by atoms with E-state index in [1.807, 2.05) is 0 Å². The van der Waals surface area contributed by atoms with Gasteiger partial charge in [-0.1, -0.05) is 24.3 Å². The summed E-state index contributed by atoms with van der Waals surface area (Å²) in [6.07, 6.45) is -9.35. The Morgan fingerprint density at radius 1 is 0.587 bits per heavy atom. The van der Waals surface area contributed by atoms with Crippen LogP contribution < -0.4 is 21.3 Å². The van der Waals surface area contributed by atoms with E-state index in [4.69, 9.17) is 0 Å². The van der Waals surface area contributed by atoms with Crippen LogP contribution >= 0.6 is 0 Å². The molecule has 8 nitrogen and oxygen atoms in total. The summed E-state index contributed by atoms with van der Waals surface area (Å²) in [5, 5.41) is 10.0. The zero-order valence-electron chi connectivity index (χ0n) is 25.4. The van der Waals surface area contributed by atoms with Crippen LogP contribution in [0.25, 0.3) is 0 Å². The minimum Gasteiger partial charge on any atom is -0.356 e. The molecule has 0 bridgehead atoms. The van der Waals surface area contributed by atoms with E-state index in [9.17, 15) is 41.1 Å². The first-order valence-corrected chi connectivity index (χ1v) is 15.4. The molecule has 250 valence electrons. The fraction of sp³-hybridized carbons (Fsp3) is 0.515. The number of rotatable bonds is 11. The van der Waals surface area contributed by atoms with Crippen LogP contribution in [0.15, 0.2) is 54.6 Å². The monoisotopic (exact) mass is 650 g/mol. The molecule has 2 saturated carbocycles. The summed E-state index contributed by atoms with van der Waals surface area (Å²) in [6.45, 7) is 0.456. The molecule has 0 radical (unpaired) electrons. The number of hydrogen-bond donors (Lipinski definition) is 4. The van der Waals surface area contributed by atoms with Crippen LogP contribution in [-0.4, -0.2) is 80.7 Å². The number of amides is 4. The van der Waals surface area contributed by atoms with Crippen LogP contribution in [-0.2, 0) is 4.79 Å². The number of hydrogen-bond acceptors (Lipinski definition) is 4. The third kappa shape index (κ3) is 8.82. The molecular formula is C33H39F5N4O4. The van der Waals surface area contributed by atoms with E-state index in [0.717, 1.165) is 0 Å². The summed E-state index contributed by atoms with van der Waals surface area (Å²) < 4.78 is 74.2. The molecule has 2 aliphatic rings. The third-order valence-electron chi connectivity index (χ3n) is 8.85. The Bertz CT molecular complexity index is 1370. The van der Waals surface area contributed by atoms with Gasteiger partial charge in [0.25, 0.3) is 17.7 Å². The number of halogens is 5. The van der Waals surface area contributed by atoms with E-state index in [2.05, 4.69) is 21.3 Å². The summed E-state index contributed by atoms with van der Waals surface area (Å²) >= 11 is 0. The van der Waals surface area contributed by atoms with E-state index in [1.165, 1.54) is 31.2 Å². The van der Waals surface area contributed by atoms with Crippen LogP contribution in [0.4, 0.5) is 22.0 Å². The molecule has 0 aliphatic heterocycles. The second-order valence-corrected chi connectivity index (χ2v) is 12.1. The van der Waals surface area contributed by atoms with Gasteiger partial charge in [0.15, 0.2) is 0 Å². The van der Waals surface area contributed by atoms with Crippen molar-refractivity contribution in [3.63, 3.8) is 0 Å². The SMILES string of the molecule is CC(=O)NC[C@@H]1CC[C@H](CNC(=O)c2cccc(C(=O)NC[C@@H]3[C@H](F)[C@H](F)[C@H](CNC(=O)c4ccccc4)C[C@@H]3F)c2)[C@H](F)[C@@H]1F. The van der Waals surface area contributed by atoms with Crippen LogP contribution in [0.1, 0.15) is 57.3 Å². The highest BCUT2D eigenvalue weighted by Gasteiger charge is 2.46. The number of carbonyl (C=O) groups is 4. The summed E-state index contributed by atoms with van der Waals surface area (Å²) in [7, 11) is 0. The molecule has 2 fully saturated rings. The molecule has 13 heteroatoms. The van der Waals surface area contributed by atoms with Crippen molar-refractivity contribution in [1.29, 1.82) is 0 Å². The fourth-order valence-corrected chi connectivity index (χ4v) is 6.05. The topological polar surface area (TPSA) is 116 Å². The first kappa shape index (κ1) is 34.8. The number of nitrogens with one attached hydrogen (secondary N) is 4. The molecule has 0 saturated heterocycles. The van der Waals surface area contributed by atoms with Crippen LogP contribution in [0.3, 0.4) is 0 Å². The van der Waals surface area contributed by atoms with Crippen LogP contribution in [0.5, 0.6) is 0 Å². The lowest BCUT2D eigenvalue weighted by Crippen LogP contribution is -2.51. The van der Waals surface area contributed by atoms with Crippen LogP contribution in [0.2, 0.25) is 0 Å². The van der Waals surface area contributed by atoms with Crippen LogP contribution in [0, 0.1) is 23.7 Å². The molecule has 9 atom stereocenters. The first-order valence-electron chi connectivity index (χ1n) is 15.4. The van der Waals surface area contributed by atoms with Crippen molar-refractivity contribution >= 4 is 23.6 Å². The standard InChI is InChI=1S/C33H39F5N4O4/c1-18(43)39-14-22-10-11-23(28(36)27(22)35)15-40-32(45)20-8-5-9-21(12-20)33(46)42-17-25-26(34)13-24(29(37)30(25)38)16-41-31(44)19-6-3-2-4-7-19/h2-9,12,22-30H,10-11,13-17H2,1H3,(H,39,43)(H,40,45)(H,41,44)(H,42,46)/t22-,23+,24-,25-,26-,27+,28-,29+,30-/m0/s1. The predicted octanol–water partition coefficient (Wildman–Crippen LogP) is 4.07. The Balaban J connectivity index is 1.25. The summed E-state index contributed by atoms with van der Waals surface area (Å²) in [5.74, 6) is -6.12. The van der Waals surface area contributed by atoms with Gasteiger partial charge in [0.05, 0.1) is 0 Å². The van der Waals surface area contributed by atoms with Crippen molar-refractivity contribution in [2.45, 2.75) is 57.0 Å². The molecular weight excluding hydrogens is 611 g/mol. The first-order chi connectivity index (χ1) is 22.0. The fourth-order valence-electron chi connectivity index (χ4n) is 6.05. The largest absolute Gasteiger partial charge is 0.356 e. The van der Waals surface area contributed by atoms with Gasteiger partial charge in [-0.3, -0.25) is 19.2 Å². The Morgan fingerprint density at radius 3 is 1.61 bits per heavy atom. The molecule has 2 aromatic carbocycles. The number of carbonyl (C=O) groups excluding carboxylic acids is 4. The average Bonchev–Trinajstić information content (AvgIpc) is 3.05. The minimum atomic E-state index is -2.22. The molecule has 46 heavy (non-hydrogen) atoms. The minimum absolute atomic E-state index is 0.0123. The molecule has 4 amide bonds. The lowest BCUT2D eigenvalue weighted by atomic mass is 9.77. The normalized spacial score (nSPS) is 29.3. The van der Waals surface area contributed by atoms with Crippen molar-refractivity contribution < 1.29 is 41.1 Å². The van der Waals surface area contributed by atoms with Gasteiger partial charge < -0.3 is 21.3 Å². The Morgan fingerprint density at radius 2 is 1.04 bits per heavy atom. The molecule has 0 aromatic heterocycles. The third-order valence-corrected chi connectivity index (χ3v) is 8.85. The highest BCUT2D eigenvalue weighted by atomic mass is 19.2. The second kappa shape index (κ2) is 16.0. The maximum absolute atomic E-state index is 15.0. The molecule has 2 aromatic rings. The lowest BCUT2D eigenvalue weighted by Gasteiger charge is -2.37. The molecule has 0 spiro atoms. The van der Waals surface area contributed by atoms with E-state index in [1.54, 1.807) is 30.3 Å². The summed E-state index contributed by atoms with van der Waals surface area (Å²) in [5.41, 5.74) is 0.414. The highest BCUT2D eigenvalue weighted by Crippen LogP contribution is 2.36. The quantitative estimate of drug-likeness (QED) is 0.275. The van der Waals surface area contributed by atoms with Crippen molar-refractivity contribution in [2.24, 2.45) is 23.7 Å². The van der Waals surface area contributed by atoms with E-state index < -0.39 is 78.8 Å². The van der Waals surface area contributed by atoms with E-state index in [0.29, 0.717) is 18.4 Å². The van der Waals surface area contributed by atoms with E-state index in [-0.39, 0.29) is 43.1 Å².